The van der Waals surface area contributed by atoms with Crippen molar-refractivity contribution in [1.82, 2.24) is 0 Å². The van der Waals surface area contributed by atoms with E-state index < -0.39 is 15.8 Å². The molecule has 0 saturated heterocycles. The van der Waals surface area contributed by atoms with Crippen LogP contribution in [0.15, 0.2) is 121 Å². The molecule has 4 rings (SSSR count). The smallest absolute Gasteiger partial charge is 0.0126 e. The first-order chi connectivity index (χ1) is 13.8. The molecule has 0 N–H and O–H groups in total. The minimum Gasteiger partial charge on any atom is -0.147 e. The Balaban J connectivity index is 0.00000160. The Morgan fingerprint density at radius 2 is 0.600 bits per heavy atom. The number of hydrogen-bond donors (Lipinski definition) is 0. The zero-order chi connectivity index (χ0) is 19.2. The van der Waals surface area contributed by atoms with Crippen LogP contribution in [0.1, 0.15) is 6.92 Å². The van der Waals surface area contributed by atoms with Crippen molar-refractivity contribution in [3.8, 4) is 0 Å². The van der Waals surface area contributed by atoms with Crippen molar-refractivity contribution in [3.63, 3.8) is 0 Å². The van der Waals surface area contributed by atoms with Crippen LogP contribution in [0.4, 0.5) is 0 Å². The lowest BCUT2D eigenvalue weighted by Crippen LogP contribution is -2.25. The molecule has 0 saturated carbocycles. The molecule has 30 heavy (non-hydrogen) atoms. The van der Waals surface area contributed by atoms with Gasteiger partial charge in [-0.1, -0.05) is 128 Å². The number of hydrogen-bond acceptors (Lipinski definition) is 0. The molecule has 0 bridgehead atoms. The van der Waals surface area contributed by atoms with E-state index in [1.807, 2.05) is 0 Å². The minimum absolute atomic E-state index is 0. The van der Waals surface area contributed by atoms with Crippen molar-refractivity contribution in [1.29, 1.82) is 0 Å². The molecule has 0 nitrogen and oxygen atoms in total. The maximum Gasteiger partial charge on any atom is 0.0126 e. The summed E-state index contributed by atoms with van der Waals surface area (Å²) >= 11 is 0. The molecule has 0 radical (unpaired) electrons. The van der Waals surface area contributed by atoms with Gasteiger partial charge in [0.25, 0.3) is 0 Å². The molecule has 0 aliphatic rings. The largest absolute Gasteiger partial charge is 0.147 e. The maximum atomic E-state index is 2.46. The van der Waals surface area contributed by atoms with Gasteiger partial charge in [-0.05, 0) is 37.1 Å². The van der Waals surface area contributed by atoms with Crippen LogP contribution in [-0.2, 0) is 0 Å². The second-order valence-corrected chi connectivity index (χ2v) is 12.2. The van der Waals surface area contributed by atoms with Crippen molar-refractivity contribution in [2.45, 2.75) is 12.3 Å². The molecule has 154 valence electrons. The lowest BCUT2D eigenvalue weighted by molar-refractivity contribution is 1.38. The molecule has 4 aromatic rings. The van der Waals surface area contributed by atoms with E-state index in [1.165, 1.54) is 21.2 Å². The summed E-state index contributed by atoms with van der Waals surface area (Å²) in [6.45, 7) is 2.46. The molecule has 0 amide bonds. The van der Waals surface area contributed by atoms with Crippen LogP contribution < -0.4 is 21.2 Å². The highest BCUT2D eigenvalue weighted by Gasteiger charge is 2.30. The third kappa shape index (κ3) is 5.72. The standard InChI is InChI=1S/C26H24P2.2ClH/c1-22(27(23-14-6-2-7-15-23)24-16-8-3-9-17-24)28(25-18-10-4-11-19-25)26-20-12-5-13-21-26;;/h2-22H,1H3;2*1H. The highest BCUT2D eigenvalue weighted by molar-refractivity contribution is 7.89. The predicted molar refractivity (Wildman–Crippen MR) is 142 cm³/mol. The Morgan fingerprint density at radius 1 is 0.400 bits per heavy atom. The third-order valence-electron chi connectivity index (χ3n) is 4.88. The van der Waals surface area contributed by atoms with E-state index in [-0.39, 0.29) is 24.8 Å². The monoisotopic (exact) mass is 470 g/mol. The van der Waals surface area contributed by atoms with Gasteiger partial charge in [-0.25, -0.2) is 0 Å². The van der Waals surface area contributed by atoms with Crippen LogP contribution in [0.25, 0.3) is 0 Å². The predicted octanol–water partition coefficient (Wildman–Crippen LogP) is 6.44. The summed E-state index contributed by atoms with van der Waals surface area (Å²) in [4.78, 5) is 0. The Hall–Kier alpha value is -1.68. The fourth-order valence-electron chi connectivity index (χ4n) is 3.63. The summed E-state index contributed by atoms with van der Waals surface area (Å²) in [5, 5.41) is 6.34. The van der Waals surface area contributed by atoms with E-state index in [1.54, 1.807) is 0 Å². The molecular weight excluding hydrogens is 445 g/mol. The number of rotatable bonds is 6. The van der Waals surface area contributed by atoms with E-state index in [0.717, 1.165) is 0 Å². The molecule has 0 fully saturated rings. The Bertz CT molecular complexity index is 818. The maximum absolute atomic E-state index is 2.46. The van der Waals surface area contributed by atoms with Gasteiger partial charge in [0, 0.05) is 5.40 Å². The first-order valence-corrected chi connectivity index (χ1v) is 12.5. The molecular formula is C26H26Cl2P2. The summed E-state index contributed by atoms with van der Waals surface area (Å²) in [7, 11) is -0.940. The van der Waals surface area contributed by atoms with E-state index in [2.05, 4.69) is 128 Å². The molecule has 4 aromatic carbocycles. The van der Waals surface area contributed by atoms with Gasteiger partial charge >= 0.3 is 0 Å². The summed E-state index contributed by atoms with van der Waals surface area (Å²) in [5.74, 6) is 0. The van der Waals surface area contributed by atoms with Gasteiger partial charge in [-0.2, -0.15) is 0 Å². The molecule has 0 unspecified atom stereocenters. The van der Waals surface area contributed by atoms with Crippen LogP contribution in [0.3, 0.4) is 0 Å². The van der Waals surface area contributed by atoms with Crippen LogP contribution in [0, 0.1) is 0 Å². The molecule has 0 spiro atoms. The summed E-state index contributed by atoms with van der Waals surface area (Å²) < 4.78 is 0. The molecule has 4 heteroatoms. The second kappa shape index (κ2) is 12.2. The molecule has 0 heterocycles. The Kier molecular flexibility index (Phi) is 10.0. The van der Waals surface area contributed by atoms with Crippen molar-refractivity contribution in [2.24, 2.45) is 0 Å². The summed E-state index contributed by atoms with van der Waals surface area (Å²) in [6.07, 6.45) is 0. The summed E-state index contributed by atoms with van der Waals surface area (Å²) in [6, 6.07) is 44.3. The topological polar surface area (TPSA) is 0 Å². The van der Waals surface area contributed by atoms with Crippen molar-refractivity contribution in [2.75, 3.05) is 0 Å². The van der Waals surface area contributed by atoms with Gasteiger partial charge in [0.1, 0.15) is 0 Å². The fourth-order valence-corrected chi connectivity index (χ4v) is 10.5. The quantitative estimate of drug-likeness (QED) is 0.284. The Labute approximate surface area is 195 Å². The zero-order valence-electron chi connectivity index (χ0n) is 16.8. The van der Waals surface area contributed by atoms with E-state index in [9.17, 15) is 0 Å². The number of halogens is 2. The van der Waals surface area contributed by atoms with Gasteiger partial charge in [-0.3, -0.25) is 0 Å². The van der Waals surface area contributed by atoms with Gasteiger partial charge in [0.2, 0.25) is 0 Å². The second-order valence-electron chi connectivity index (χ2n) is 6.71. The van der Waals surface area contributed by atoms with E-state index in [4.69, 9.17) is 0 Å². The first-order valence-electron chi connectivity index (χ1n) is 9.63. The Morgan fingerprint density at radius 3 is 0.800 bits per heavy atom. The normalized spacial score (nSPS) is 10.5. The van der Waals surface area contributed by atoms with E-state index in [0.29, 0.717) is 5.40 Å². The zero-order valence-corrected chi connectivity index (χ0v) is 20.3. The van der Waals surface area contributed by atoms with Gasteiger partial charge in [0.05, 0.1) is 0 Å². The van der Waals surface area contributed by atoms with Gasteiger partial charge in [-0.15, -0.1) is 24.8 Å². The summed E-state index contributed by atoms with van der Waals surface area (Å²) in [5.41, 5.74) is 0. The molecule has 0 aromatic heterocycles. The lowest BCUT2D eigenvalue weighted by Gasteiger charge is -2.33. The molecule has 0 aliphatic carbocycles. The van der Waals surface area contributed by atoms with Crippen molar-refractivity contribution < 1.29 is 0 Å². The lowest BCUT2D eigenvalue weighted by atomic mass is 10.4. The van der Waals surface area contributed by atoms with E-state index >= 15 is 0 Å². The average molecular weight is 471 g/mol. The highest BCUT2D eigenvalue weighted by atomic mass is 35.5. The van der Waals surface area contributed by atoms with Crippen molar-refractivity contribution >= 4 is 61.9 Å². The average Bonchev–Trinajstić information content (AvgIpc) is 2.77. The van der Waals surface area contributed by atoms with Crippen molar-refractivity contribution in [3.05, 3.63) is 121 Å². The van der Waals surface area contributed by atoms with Gasteiger partial charge in [0.15, 0.2) is 0 Å². The van der Waals surface area contributed by atoms with Crippen LogP contribution in [0.5, 0.6) is 0 Å². The third-order valence-corrected chi connectivity index (χ3v) is 11.2. The minimum atomic E-state index is -0.470. The molecule has 0 aliphatic heterocycles. The van der Waals surface area contributed by atoms with Crippen LogP contribution >= 0.6 is 40.7 Å². The highest BCUT2D eigenvalue weighted by Crippen LogP contribution is 2.55. The van der Waals surface area contributed by atoms with Crippen LogP contribution in [0.2, 0.25) is 0 Å². The molecule has 0 atom stereocenters. The number of benzene rings is 4. The van der Waals surface area contributed by atoms with Crippen LogP contribution in [-0.4, -0.2) is 5.40 Å². The van der Waals surface area contributed by atoms with Gasteiger partial charge < -0.3 is 0 Å². The first kappa shape index (κ1) is 24.6. The fraction of sp³-hybridized carbons (Fsp3) is 0.0769. The SMILES string of the molecule is CC(P(c1ccccc1)c1ccccc1)P(c1ccccc1)c1ccccc1.Cl.Cl.